The van der Waals surface area contributed by atoms with Crippen molar-refractivity contribution in [3.05, 3.63) is 0 Å². The molecule has 2 aliphatic rings. The summed E-state index contributed by atoms with van der Waals surface area (Å²) in [6, 6.07) is -0.0760. The van der Waals surface area contributed by atoms with Crippen LogP contribution in [0.1, 0.15) is 59.3 Å². The van der Waals surface area contributed by atoms with Crippen LogP contribution in [0.15, 0.2) is 0 Å². The fourth-order valence-electron chi connectivity index (χ4n) is 3.26. The Labute approximate surface area is 144 Å². The molecule has 0 spiro atoms. The third kappa shape index (κ3) is 5.31. The van der Waals surface area contributed by atoms with E-state index in [4.69, 9.17) is 4.74 Å². The maximum Gasteiger partial charge on any atom is 0.407 e. The number of sulfonamides is 1. The lowest BCUT2D eigenvalue weighted by Crippen LogP contribution is -2.50. The monoisotopic (exact) mass is 364 g/mol. The van der Waals surface area contributed by atoms with E-state index in [0.29, 0.717) is 51.6 Å². The van der Waals surface area contributed by atoms with E-state index in [1.807, 2.05) is 0 Å². The summed E-state index contributed by atoms with van der Waals surface area (Å²) in [6.07, 6.45) is 1.28. The minimum absolute atomic E-state index is 0.0760. The molecule has 0 atom stereocenters. The minimum atomic E-state index is -3.37. The van der Waals surface area contributed by atoms with Crippen LogP contribution in [0.5, 0.6) is 0 Å². The molecule has 0 radical (unpaired) electrons. The van der Waals surface area contributed by atoms with Crippen LogP contribution < -0.4 is 5.32 Å². The van der Waals surface area contributed by atoms with Gasteiger partial charge in [-0.2, -0.15) is 0 Å². The van der Waals surface area contributed by atoms with Crippen LogP contribution in [-0.4, -0.2) is 55.0 Å². The lowest BCUT2D eigenvalue weighted by atomic mass is 9.99. The van der Waals surface area contributed by atoms with Crippen LogP contribution in [-0.2, 0) is 14.8 Å². The second-order valence-corrected chi connectivity index (χ2v) is 9.95. The zero-order chi connectivity index (χ0) is 18.0. The van der Waals surface area contributed by atoms with Crippen LogP contribution >= 0.6 is 0 Å². The van der Waals surface area contributed by atoms with E-state index < -0.39 is 33.1 Å². The van der Waals surface area contributed by atoms with E-state index in [1.54, 1.807) is 20.8 Å². The van der Waals surface area contributed by atoms with Crippen molar-refractivity contribution in [2.24, 2.45) is 0 Å². The minimum Gasteiger partial charge on any atom is -0.444 e. The van der Waals surface area contributed by atoms with Crippen molar-refractivity contribution in [1.29, 1.82) is 0 Å². The smallest absolute Gasteiger partial charge is 0.407 e. The van der Waals surface area contributed by atoms with E-state index in [2.05, 4.69) is 5.32 Å². The van der Waals surface area contributed by atoms with Crippen LogP contribution in [0.3, 0.4) is 0 Å². The van der Waals surface area contributed by atoms with E-state index >= 15 is 0 Å². The fourth-order valence-corrected chi connectivity index (χ4v) is 5.27. The van der Waals surface area contributed by atoms with Gasteiger partial charge < -0.3 is 10.1 Å². The Morgan fingerprint density at radius 3 is 2.12 bits per heavy atom. The molecule has 1 amide bonds. The van der Waals surface area contributed by atoms with E-state index in [-0.39, 0.29) is 6.04 Å². The predicted molar refractivity (Wildman–Crippen MR) is 90.0 cm³/mol. The number of piperidine rings is 1. The van der Waals surface area contributed by atoms with Gasteiger partial charge in [0.15, 0.2) is 0 Å². The van der Waals surface area contributed by atoms with E-state index in [0.717, 1.165) is 0 Å². The van der Waals surface area contributed by atoms with Crippen LogP contribution in [0, 0.1) is 0 Å². The summed E-state index contributed by atoms with van der Waals surface area (Å²) in [4.78, 5) is 11.8. The number of hydrogen-bond acceptors (Lipinski definition) is 4. The number of halogens is 1. The summed E-state index contributed by atoms with van der Waals surface area (Å²) in [5.41, 5.74) is -0.552. The molecule has 2 rings (SSSR count). The topological polar surface area (TPSA) is 75.7 Å². The predicted octanol–water partition coefficient (Wildman–Crippen LogP) is 2.59. The number of amides is 1. The lowest BCUT2D eigenvalue weighted by Gasteiger charge is -2.35. The molecule has 6 nitrogen and oxygen atoms in total. The van der Waals surface area contributed by atoms with Gasteiger partial charge >= 0.3 is 6.09 Å². The third-order valence-corrected chi connectivity index (χ3v) is 6.96. The molecule has 0 aromatic rings. The summed E-state index contributed by atoms with van der Waals surface area (Å²) < 4.78 is 45.3. The molecule has 0 unspecified atom stereocenters. The van der Waals surface area contributed by atoms with E-state index in [1.165, 1.54) is 4.31 Å². The normalized spacial score (nSPS) is 27.7. The lowest BCUT2D eigenvalue weighted by molar-refractivity contribution is 0.0489. The van der Waals surface area contributed by atoms with Gasteiger partial charge in [0.2, 0.25) is 10.0 Å². The first-order valence-electron chi connectivity index (χ1n) is 8.70. The van der Waals surface area contributed by atoms with Gasteiger partial charge in [-0.05, 0) is 59.3 Å². The van der Waals surface area contributed by atoms with Crippen LogP contribution in [0.25, 0.3) is 0 Å². The Bertz CT molecular complexity index is 531. The molecular formula is C16H29FN2O4S. The molecule has 1 saturated carbocycles. The second kappa shape index (κ2) is 7.56. The Morgan fingerprint density at radius 1 is 1.08 bits per heavy atom. The molecule has 0 aromatic carbocycles. The molecular weight excluding hydrogens is 335 g/mol. The summed E-state index contributed by atoms with van der Waals surface area (Å²) >= 11 is 0. The zero-order valence-corrected chi connectivity index (χ0v) is 15.6. The van der Waals surface area contributed by atoms with Gasteiger partial charge in [0.05, 0.1) is 5.25 Å². The van der Waals surface area contributed by atoms with Gasteiger partial charge in [-0.3, -0.25) is 0 Å². The average Bonchev–Trinajstić information content (AvgIpc) is 2.46. The molecule has 2 fully saturated rings. The molecule has 1 saturated heterocycles. The van der Waals surface area contributed by atoms with Gasteiger partial charge in [0.25, 0.3) is 0 Å². The van der Waals surface area contributed by atoms with Crippen LogP contribution in [0.2, 0.25) is 0 Å². The number of alkyl halides is 1. The SMILES string of the molecule is CC(C)(C)OC(=O)NC1CCN(S(=O)(=O)C2CCC(F)CC2)CC1. The van der Waals surface area contributed by atoms with Gasteiger partial charge in [0, 0.05) is 19.1 Å². The van der Waals surface area contributed by atoms with Gasteiger partial charge in [-0.1, -0.05) is 0 Å². The Morgan fingerprint density at radius 2 is 1.62 bits per heavy atom. The molecule has 1 heterocycles. The van der Waals surface area contributed by atoms with Crippen molar-refractivity contribution < 1.29 is 22.3 Å². The molecule has 0 aromatic heterocycles. The summed E-state index contributed by atoms with van der Waals surface area (Å²) in [6.45, 7) is 6.17. The van der Waals surface area contributed by atoms with E-state index in [9.17, 15) is 17.6 Å². The quantitative estimate of drug-likeness (QED) is 0.835. The highest BCUT2D eigenvalue weighted by Gasteiger charge is 2.37. The number of ether oxygens (including phenoxy) is 1. The number of rotatable bonds is 3. The van der Waals surface area contributed by atoms with Crippen molar-refractivity contribution in [3.8, 4) is 0 Å². The highest BCUT2D eigenvalue weighted by molar-refractivity contribution is 7.89. The van der Waals surface area contributed by atoms with Gasteiger partial charge in [-0.25, -0.2) is 21.9 Å². The molecule has 8 heteroatoms. The first kappa shape index (κ1) is 19.4. The molecule has 1 aliphatic carbocycles. The van der Waals surface area contributed by atoms with Crippen molar-refractivity contribution in [2.45, 2.75) is 82.4 Å². The van der Waals surface area contributed by atoms with Gasteiger partial charge in [0.1, 0.15) is 11.8 Å². The highest BCUT2D eigenvalue weighted by atomic mass is 32.2. The molecule has 140 valence electrons. The van der Waals surface area contributed by atoms with Crippen molar-refractivity contribution in [2.75, 3.05) is 13.1 Å². The Hall–Kier alpha value is -0.890. The maximum atomic E-state index is 13.2. The van der Waals surface area contributed by atoms with Crippen molar-refractivity contribution >= 4 is 16.1 Å². The third-order valence-electron chi connectivity index (χ3n) is 4.56. The number of carbonyl (C=O) groups is 1. The first-order valence-corrected chi connectivity index (χ1v) is 10.2. The Kier molecular flexibility index (Phi) is 6.12. The molecule has 0 bridgehead atoms. The first-order chi connectivity index (χ1) is 11.1. The molecule has 1 aliphatic heterocycles. The zero-order valence-electron chi connectivity index (χ0n) is 14.8. The number of hydrogen-bond donors (Lipinski definition) is 1. The Balaban J connectivity index is 1.82. The second-order valence-electron chi connectivity index (χ2n) is 7.74. The van der Waals surface area contributed by atoms with Gasteiger partial charge in [-0.15, -0.1) is 0 Å². The average molecular weight is 364 g/mol. The fraction of sp³-hybridized carbons (Fsp3) is 0.938. The van der Waals surface area contributed by atoms with Crippen molar-refractivity contribution in [3.63, 3.8) is 0 Å². The largest absolute Gasteiger partial charge is 0.444 e. The van der Waals surface area contributed by atoms with Crippen molar-refractivity contribution in [1.82, 2.24) is 9.62 Å². The molecule has 1 N–H and O–H groups in total. The summed E-state index contributed by atoms with van der Waals surface area (Å²) in [5.74, 6) is 0. The standard InChI is InChI=1S/C16H29FN2O4S/c1-16(2,3)23-15(20)18-13-8-10-19(11-9-13)24(21,22)14-6-4-12(17)5-7-14/h12-14H,4-11H2,1-3H3,(H,18,20). The number of carbonyl (C=O) groups excluding carboxylic acids is 1. The highest BCUT2D eigenvalue weighted by Crippen LogP contribution is 2.29. The number of alkyl carbamates (subject to hydrolysis) is 1. The summed E-state index contributed by atoms with van der Waals surface area (Å²) in [5, 5.41) is 2.34. The number of nitrogens with zero attached hydrogens (tertiary/aromatic N) is 1. The maximum absolute atomic E-state index is 13.2. The van der Waals surface area contributed by atoms with Crippen LogP contribution in [0.4, 0.5) is 9.18 Å². The summed E-state index contributed by atoms with van der Waals surface area (Å²) in [7, 11) is -3.37. The molecule has 24 heavy (non-hydrogen) atoms. The number of nitrogens with one attached hydrogen (secondary N) is 1.